The van der Waals surface area contributed by atoms with Gasteiger partial charge in [-0.1, -0.05) is 0 Å². The number of carbonyl (C=O) groups is 1. The summed E-state index contributed by atoms with van der Waals surface area (Å²) in [7, 11) is 2.07. The first-order valence-corrected chi connectivity index (χ1v) is 9.11. The fourth-order valence-corrected chi connectivity index (χ4v) is 6.33. The van der Waals surface area contributed by atoms with Crippen LogP contribution >= 0.6 is 0 Å². The highest BCUT2D eigenvalue weighted by Gasteiger charge is 2.55. The van der Waals surface area contributed by atoms with Crippen LogP contribution < -0.4 is 5.32 Å². The first-order chi connectivity index (χ1) is 10.1. The van der Waals surface area contributed by atoms with Crippen LogP contribution in [-0.4, -0.2) is 37.5 Å². The third-order valence-electron chi connectivity index (χ3n) is 6.77. The SMILES string of the molecule is CN(CC1CCCNC1)C(=O)C12CC3CC(CC(C3)C1)C2. The lowest BCUT2D eigenvalue weighted by Gasteiger charge is -2.56. The monoisotopic (exact) mass is 290 g/mol. The van der Waals surface area contributed by atoms with Gasteiger partial charge in [0, 0.05) is 13.6 Å². The average molecular weight is 290 g/mol. The largest absolute Gasteiger partial charge is 0.345 e. The molecule has 1 N–H and O–H groups in total. The van der Waals surface area contributed by atoms with Crippen molar-refractivity contribution in [1.82, 2.24) is 10.2 Å². The second kappa shape index (κ2) is 5.26. The Hall–Kier alpha value is -0.570. The molecule has 1 atom stereocenters. The van der Waals surface area contributed by atoms with E-state index in [9.17, 15) is 4.79 Å². The Labute approximate surface area is 128 Å². The van der Waals surface area contributed by atoms with Crippen LogP contribution in [0.4, 0.5) is 0 Å². The Balaban J connectivity index is 1.44. The molecule has 1 heterocycles. The van der Waals surface area contributed by atoms with Gasteiger partial charge in [-0.2, -0.15) is 0 Å². The maximum Gasteiger partial charge on any atom is 0.228 e. The maximum atomic E-state index is 13.2. The summed E-state index contributed by atoms with van der Waals surface area (Å²) >= 11 is 0. The number of hydrogen-bond donors (Lipinski definition) is 1. The third kappa shape index (κ3) is 2.52. The van der Waals surface area contributed by atoms with Crippen LogP contribution in [0.2, 0.25) is 0 Å². The van der Waals surface area contributed by atoms with Gasteiger partial charge in [-0.15, -0.1) is 0 Å². The quantitative estimate of drug-likeness (QED) is 0.866. The van der Waals surface area contributed by atoms with E-state index in [1.807, 2.05) is 0 Å². The van der Waals surface area contributed by atoms with Gasteiger partial charge >= 0.3 is 0 Å². The topological polar surface area (TPSA) is 32.3 Å². The van der Waals surface area contributed by atoms with E-state index >= 15 is 0 Å². The molecule has 0 radical (unpaired) electrons. The van der Waals surface area contributed by atoms with E-state index in [0.717, 1.165) is 37.4 Å². The van der Waals surface area contributed by atoms with E-state index in [0.29, 0.717) is 11.8 Å². The number of hydrogen-bond acceptors (Lipinski definition) is 2. The van der Waals surface area contributed by atoms with E-state index in [1.54, 1.807) is 0 Å². The van der Waals surface area contributed by atoms with Crippen LogP contribution in [0, 0.1) is 29.1 Å². The van der Waals surface area contributed by atoms with Crippen LogP contribution in [-0.2, 0) is 4.79 Å². The van der Waals surface area contributed by atoms with Crippen LogP contribution in [0.1, 0.15) is 51.4 Å². The molecule has 4 bridgehead atoms. The van der Waals surface area contributed by atoms with Gasteiger partial charge in [-0.3, -0.25) is 4.79 Å². The molecule has 4 saturated carbocycles. The molecular weight excluding hydrogens is 260 g/mol. The lowest BCUT2D eigenvalue weighted by Crippen LogP contribution is -2.54. The van der Waals surface area contributed by atoms with E-state index in [1.165, 1.54) is 51.4 Å². The van der Waals surface area contributed by atoms with Crippen LogP contribution in [0.25, 0.3) is 0 Å². The molecule has 0 aromatic rings. The van der Waals surface area contributed by atoms with E-state index in [4.69, 9.17) is 0 Å². The van der Waals surface area contributed by atoms with Gasteiger partial charge in [0.25, 0.3) is 0 Å². The molecule has 5 fully saturated rings. The Morgan fingerprint density at radius 1 is 1.14 bits per heavy atom. The fourth-order valence-electron chi connectivity index (χ4n) is 6.33. The van der Waals surface area contributed by atoms with Gasteiger partial charge in [0.1, 0.15) is 0 Å². The number of piperidine rings is 1. The van der Waals surface area contributed by atoms with Crippen LogP contribution in [0.3, 0.4) is 0 Å². The summed E-state index contributed by atoms with van der Waals surface area (Å²) in [6.07, 6.45) is 10.4. The molecule has 21 heavy (non-hydrogen) atoms. The highest BCUT2D eigenvalue weighted by atomic mass is 16.2. The van der Waals surface area contributed by atoms with Crippen molar-refractivity contribution in [3.05, 3.63) is 0 Å². The zero-order chi connectivity index (χ0) is 14.4. The predicted molar refractivity (Wildman–Crippen MR) is 83.8 cm³/mol. The minimum absolute atomic E-state index is 0.0472. The number of rotatable bonds is 3. The maximum absolute atomic E-state index is 13.2. The van der Waals surface area contributed by atoms with Crippen molar-refractivity contribution in [3.63, 3.8) is 0 Å². The van der Waals surface area contributed by atoms with E-state index in [2.05, 4.69) is 17.3 Å². The summed E-state index contributed by atoms with van der Waals surface area (Å²) in [5.74, 6) is 3.76. The average Bonchev–Trinajstić information content (AvgIpc) is 2.46. The molecule has 4 aliphatic carbocycles. The number of nitrogens with one attached hydrogen (secondary N) is 1. The Kier molecular flexibility index (Phi) is 3.52. The van der Waals surface area contributed by atoms with Crippen LogP contribution in [0.5, 0.6) is 0 Å². The Morgan fingerprint density at radius 3 is 2.29 bits per heavy atom. The summed E-state index contributed by atoms with van der Waals surface area (Å²) < 4.78 is 0. The predicted octanol–water partition coefficient (Wildman–Crippen LogP) is 2.66. The normalized spacial score (nSPS) is 44.8. The van der Waals surface area contributed by atoms with Gasteiger partial charge in [0.15, 0.2) is 0 Å². The zero-order valence-corrected chi connectivity index (χ0v) is 13.4. The summed E-state index contributed by atoms with van der Waals surface area (Å²) in [6.45, 7) is 3.22. The summed E-state index contributed by atoms with van der Waals surface area (Å²) in [5.41, 5.74) is 0.0472. The van der Waals surface area contributed by atoms with Gasteiger partial charge < -0.3 is 10.2 Å². The highest BCUT2D eigenvalue weighted by Crippen LogP contribution is 2.60. The standard InChI is InChI=1S/C18H30N2O/c1-20(12-13-3-2-4-19-11-13)17(21)18-8-14-5-15(9-18)7-16(6-14)10-18/h13-16,19H,2-12H2,1H3. The number of amides is 1. The number of carbonyl (C=O) groups excluding carboxylic acids is 1. The molecular formula is C18H30N2O. The van der Waals surface area contributed by atoms with Gasteiger partial charge in [0.05, 0.1) is 5.41 Å². The first-order valence-electron chi connectivity index (χ1n) is 9.11. The lowest BCUT2D eigenvalue weighted by molar-refractivity contribution is -0.156. The molecule has 1 unspecified atom stereocenters. The smallest absolute Gasteiger partial charge is 0.228 e. The van der Waals surface area contributed by atoms with Gasteiger partial charge in [0.2, 0.25) is 5.91 Å². The van der Waals surface area contributed by atoms with Crippen molar-refractivity contribution in [3.8, 4) is 0 Å². The molecule has 1 amide bonds. The van der Waals surface area contributed by atoms with Gasteiger partial charge in [-0.05, 0) is 88.1 Å². The second-order valence-corrected chi connectivity index (χ2v) is 8.60. The van der Waals surface area contributed by atoms with Crippen LogP contribution in [0.15, 0.2) is 0 Å². The molecule has 118 valence electrons. The Morgan fingerprint density at radius 2 is 1.76 bits per heavy atom. The molecule has 0 aromatic heterocycles. The Bertz CT molecular complexity index is 378. The molecule has 1 aliphatic heterocycles. The van der Waals surface area contributed by atoms with Crippen molar-refractivity contribution in [2.24, 2.45) is 29.1 Å². The summed E-state index contributed by atoms with van der Waals surface area (Å²) in [5, 5.41) is 3.48. The minimum atomic E-state index is 0.0472. The van der Waals surface area contributed by atoms with Crippen molar-refractivity contribution in [1.29, 1.82) is 0 Å². The molecule has 3 nitrogen and oxygen atoms in total. The molecule has 1 saturated heterocycles. The van der Waals surface area contributed by atoms with Crippen molar-refractivity contribution in [2.75, 3.05) is 26.7 Å². The fraction of sp³-hybridized carbons (Fsp3) is 0.944. The molecule has 5 aliphatic rings. The molecule has 5 rings (SSSR count). The van der Waals surface area contributed by atoms with E-state index < -0.39 is 0 Å². The molecule has 0 aromatic carbocycles. The number of nitrogens with zero attached hydrogens (tertiary/aromatic N) is 1. The summed E-state index contributed by atoms with van der Waals surface area (Å²) in [4.78, 5) is 15.3. The van der Waals surface area contributed by atoms with Crippen molar-refractivity contribution >= 4 is 5.91 Å². The zero-order valence-electron chi connectivity index (χ0n) is 13.4. The minimum Gasteiger partial charge on any atom is -0.345 e. The first kappa shape index (κ1) is 14.0. The van der Waals surface area contributed by atoms with Gasteiger partial charge in [-0.25, -0.2) is 0 Å². The van der Waals surface area contributed by atoms with Crippen molar-refractivity contribution in [2.45, 2.75) is 51.4 Å². The van der Waals surface area contributed by atoms with E-state index in [-0.39, 0.29) is 5.41 Å². The van der Waals surface area contributed by atoms with Crippen molar-refractivity contribution < 1.29 is 4.79 Å². The molecule has 0 spiro atoms. The lowest BCUT2D eigenvalue weighted by atomic mass is 9.49. The molecule has 3 heteroatoms. The summed E-state index contributed by atoms with van der Waals surface area (Å²) in [6, 6.07) is 0. The second-order valence-electron chi connectivity index (χ2n) is 8.60. The highest BCUT2D eigenvalue weighted by molar-refractivity contribution is 5.83. The third-order valence-corrected chi connectivity index (χ3v) is 6.77.